The van der Waals surface area contributed by atoms with Gasteiger partial charge in [-0.2, -0.15) is 5.26 Å². The van der Waals surface area contributed by atoms with Crippen LogP contribution in [-0.4, -0.2) is 48.9 Å². The molecule has 0 N–H and O–H groups in total. The molecule has 1 saturated heterocycles. The van der Waals surface area contributed by atoms with Crippen molar-refractivity contribution in [2.45, 2.75) is 24.4 Å². The first-order valence-corrected chi connectivity index (χ1v) is 10.9. The lowest BCUT2D eigenvalue weighted by Gasteiger charge is -2.38. The molecular formula is C27H21NO7. The number of benzene rings is 3. The van der Waals surface area contributed by atoms with Gasteiger partial charge in [-0.3, -0.25) is 0 Å². The fraction of sp³-hybridized carbons (Fsp3) is 0.185. The van der Waals surface area contributed by atoms with Crippen molar-refractivity contribution < 1.29 is 33.3 Å². The van der Waals surface area contributed by atoms with Gasteiger partial charge in [0.05, 0.1) is 29.4 Å². The van der Waals surface area contributed by atoms with Crippen LogP contribution in [0.4, 0.5) is 0 Å². The SMILES string of the molecule is N#C[C@@H]1OC[C@@H](OC(=O)c2ccccc2)[C@H](OC(=O)c2ccccc2)[C@H]1OC(=O)c1ccccc1. The van der Waals surface area contributed by atoms with E-state index in [9.17, 15) is 19.6 Å². The van der Waals surface area contributed by atoms with Crippen molar-refractivity contribution in [1.82, 2.24) is 0 Å². The van der Waals surface area contributed by atoms with E-state index in [1.165, 1.54) is 0 Å². The maximum atomic E-state index is 12.9. The van der Waals surface area contributed by atoms with E-state index in [2.05, 4.69) is 0 Å². The zero-order valence-electron chi connectivity index (χ0n) is 18.5. The molecule has 0 saturated carbocycles. The number of ether oxygens (including phenoxy) is 4. The lowest BCUT2D eigenvalue weighted by atomic mass is 9.99. The van der Waals surface area contributed by atoms with Crippen molar-refractivity contribution in [3.8, 4) is 6.07 Å². The first kappa shape index (κ1) is 23.7. The van der Waals surface area contributed by atoms with E-state index in [0.29, 0.717) is 0 Å². The minimum absolute atomic E-state index is 0.233. The van der Waals surface area contributed by atoms with Gasteiger partial charge >= 0.3 is 17.9 Å². The van der Waals surface area contributed by atoms with Crippen LogP contribution < -0.4 is 0 Å². The van der Waals surface area contributed by atoms with Gasteiger partial charge in [0.15, 0.2) is 24.4 Å². The predicted octanol–water partition coefficient (Wildman–Crippen LogP) is 3.59. The van der Waals surface area contributed by atoms with E-state index in [-0.39, 0.29) is 23.3 Å². The summed E-state index contributed by atoms with van der Waals surface area (Å²) in [7, 11) is 0. The molecule has 3 aromatic rings. The summed E-state index contributed by atoms with van der Waals surface area (Å²) in [5, 5.41) is 9.65. The molecule has 1 aliphatic heterocycles. The number of rotatable bonds is 6. The van der Waals surface area contributed by atoms with Crippen LogP contribution in [0.15, 0.2) is 91.0 Å². The molecule has 0 spiro atoms. The summed E-state index contributed by atoms with van der Waals surface area (Å²) in [6.45, 7) is -0.233. The number of hydrogen-bond donors (Lipinski definition) is 0. The Morgan fingerprint density at radius 1 is 0.657 bits per heavy atom. The van der Waals surface area contributed by atoms with Crippen molar-refractivity contribution in [2.75, 3.05) is 6.61 Å². The molecule has 35 heavy (non-hydrogen) atoms. The van der Waals surface area contributed by atoms with Crippen molar-refractivity contribution >= 4 is 17.9 Å². The second kappa shape index (κ2) is 11.1. The zero-order valence-corrected chi connectivity index (χ0v) is 18.5. The molecule has 1 fully saturated rings. The molecule has 8 heteroatoms. The summed E-state index contributed by atoms with van der Waals surface area (Å²) < 4.78 is 22.4. The molecule has 1 heterocycles. The first-order valence-electron chi connectivity index (χ1n) is 10.9. The van der Waals surface area contributed by atoms with Gasteiger partial charge in [-0.25, -0.2) is 14.4 Å². The molecule has 0 amide bonds. The molecule has 4 rings (SSSR count). The maximum absolute atomic E-state index is 12.9. The lowest BCUT2D eigenvalue weighted by molar-refractivity contribution is -0.175. The highest BCUT2D eigenvalue weighted by atomic mass is 16.6. The Morgan fingerprint density at radius 3 is 1.49 bits per heavy atom. The molecule has 0 unspecified atom stereocenters. The van der Waals surface area contributed by atoms with Crippen LogP contribution >= 0.6 is 0 Å². The number of esters is 3. The second-order valence-corrected chi connectivity index (χ2v) is 7.66. The summed E-state index contributed by atoms with van der Waals surface area (Å²) >= 11 is 0. The number of nitrogens with zero attached hydrogens (tertiary/aromatic N) is 1. The highest BCUT2D eigenvalue weighted by Crippen LogP contribution is 2.26. The summed E-state index contributed by atoms with van der Waals surface area (Å²) in [4.78, 5) is 38.4. The third-order valence-electron chi connectivity index (χ3n) is 5.33. The normalized spacial score (nSPS) is 21.2. The molecule has 4 atom stereocenters. The van der Waals surface area contributed by atoms with Crippen LogP contribution in [0.5, 0.6) is 0 Å². The number of hydrogen-bond acceptors (Lipinski definition) is 8. The van der Waals surface area contributed by atoms with Crippen LogP contribution in [0.25, 0.3) is 0 Å². The monoisotopic (exact) mass is 471 g/mol. The molecule has 0 radical (unpaired) electrons. The van der Waals surface area contributed by atoms with Crippen molar-refractivity contribution in [2.24, 2.45) is 0 Å². The first-order chi connectivity index (χ1) is 17.1. The quantitative estimate of drug-likeness (QED) is 0.396. The Kier molecular flexibility index (Phi) is 7.50. The van der Waals surface area contributed by atoms with Crippen LogP contribution in [0.3, 0.4) is 0 Å². The third-order valence-corrected chi connectivity index (χ3v) is 5.33. The highest BCUT2D eigenvalue weighted by molar-refractivity contribution is 5.91. The number of carbonyl (C=O) groups excluding carboxylic acids is 3. The summed E-state index contributed by atoms with van der Waals surface area (Å²) in [5.74, 6) is -2.14. The average Bonchev–Trinajstić information content (AvgIpc) is 2.91. The minimum Gasteiger partial charge on any atom is -0.452 e. The van der Waals surface area contributed by atoms with Crippen molar-refractivity contribution in [3.05, 3.63) is 108 Å². The summed E-state index contributed by atoms with van der Waals surface area (Å²) in [6, 6.07) is 26.5. The third kappa shape index (κ3) is 5.72. The van der Waals surface area contributed by atoms with E-state index in [0.717, 1.165) is 0 Å². The Labute approximate surface area is 201 Å². The topological polar surface area (TPSA) is 112 Å². The molecular weight excluding hydrogens is 450 g/mol. The molecule has 1 aliphatic rings. The Morgan fingerprint density at radius 2 is 1.06 bits per heavy atom. The second-order valence-electron chi connectivity index (χ2n) is 7.66. The molecule has 0 aliphatic carbocycles. The molecule has 8 nitrogen and oxygen atoms in total. The van der Waals surface area contributed by atoms with Gasteiger partial charge in [0.25, 0.3) is 0 Å². The predicted molar refractivity (Wildman–Crippen MR) is 122 cm³/mol. The molecule has 176 valence electrons. The van der Waals surface area contributed by atoms with Gasteiger partial charge in [0.1, 0.15) is 0 Å². The van der Waals surface area contributed by atoms with Gasteiger partial charge in [-0.15, -0.1) is 0 Å². The van der Waals surface area contributed by atoms with E-state index >= 15 is 0 Å². The standard InChI is InChI=1S/C27H21NO7/c28-16-21-23(34-26(30)19-12-6-2-7-13-19)24(35-27(31)20-14-8-3-9-15-20)22(17-32-21)33-25(29)18-10-4-1-5-11-18/h1-15,21-24H,17H2/t21-,22+,23-,24-/m0/s1. The summed E-state index contributed by atoms with van der Waals surface area (Å²) in [6.07, 6.45) is -5.01. The van der Waals surface area contributed by atoms with Crippen LogP contribution in [0.1, 0.15) is 31.1 Å². The Balaban J connectivity index is 1.62. The molecule has 3 aromatic carbocycles. The molecule has 0 bridgehead atoms. The molecule has 0 aromatic heterocycles. The lowest BCUT2D eigenvalue weighted by Crippen LogP contribution is -2.57. The van der Waals surface area contributed by atoms with E-state index < -0.39 is 42.3 Å². The fourth-order valence-electron chi connectivity index (χ4n) is 3.57. The van der Waals surface area contributed by atoms with Gasteiger partial charge in [-0.1, -0.05) is 54.6 Å². The van der Waals surface area contributed by atoms with Gasteiger partial charge in [0.2, 0.25) is 0 Å². The van der Waals surface area contributed by atoms with Gasteiger partial charge < -0.3 is 18.9 Å². The van der Waals surface area contributed by atoms with Gasteiger partial charge in [0, 0.05) is 0 Å². The van der Waals surface area contributed by atoms with E-state index in [4.69, 9.17) is 18.9 Å². The Hall–Kier alpha value is -4.48. The van der Waals surface area contributed by atoms with Crippen molar-refractivity contribution in [3.63, 3.8) is 0 Å². The maximum Gasteiger partial charge on any atom is 0.338 e. The smallest absolute Gasteiger partial charge is 0.338 e. The van der Waals surface area contributed by atoms with Crippen LogP contribution in [0, 0.1) is 11.3 Å². The minimum atomic E-state index is -1.34. The van der Waals surface area contributed by atoms with Gasteiger partial charge in [-0.05, 0) is 36.4 Å². The number of carbonyl (C=O) groups is 3. The van der Waals surface area contributed by atoms with E-state index in [1.807, 2.05) is 6.07 Å². The fourth-order valence-corrected chi connectivity index (χ4v) is 3.57. The Bertz CT molecular complexity index is 1210. The van der Waals surface area contributed by atoms with Crippen molar-refractivity contribution in [1.29, 1.82) is 5.26 Å². The van der Waals surface area contributed by atoms with E-state index in [1.54, 1.807) is 91.0 Å². The van der Waals surface area contributed by atoms with Crippen LogP contribution in [0.2, 0.25) is 0 Å². The average molecular weight is 471 g/mol. The number of nitriles is 1. The van der Waals surface area contributed by atoms with Crippen LogP contribution in [-0.2, 0) is 18.9 Å². The highest BCUT2D eigenvalue weighted by Gasteiger charge is 2.48. The largest absolute Gasteiger partial charge is 0.452 e. The zero-order chi connectivity index (χ0) is 24.6. The summed E-state index contributed by atoms with van der Waals surface area (Å²) in [5.41, 5.74) is 0.760.